The first-order valence-corrected chi connectivity index (χ1v) is 6.01. The fraction of sp³-hybridized carbons (Fsp3) is 0.455. The van der Waals surface area contributed by atoms with Gasteiger partial charge in [0.1, 0.15) is 0 Å². The molecule has 0 heterocycles. The summed E-state index contributed by atoms with van der Waals surface area (Å²) < 4.78 is 0. The zero-order chi connectivity index (χ0) is 9.10. The third-order valence-corrected chi connectivity index (χ3v) is 3.27. The summed E-state index contributed by atoms with van der Waals surface area (Å²) in [6.07, 6.45) is 6.18. The molecule has 1 aliphatic carbocycles. The second kappa shape index (κ2) is 4.05. The molecule has 0 atom stereocenters. The van der Waals surface area contributed by atoms with E-state index in [1.165, 1.54) is 29.8 Å². The van der Waals surface area contributed by atoms with E-state index in [9.17, 15) is 0 Å². The van der Waals surface area contributed by atoms with Crippen molar-refractivity contribution in [2.45, 2.75) is 30.2 Å². The molecule has 1 aromatic carbocycles. The zero-order valence-corrected chi connectivity index (χ0v) is 8.73. The summed E-state index contributed by atoms with van der Waals surface area (Å²) in [4.78, 5) is 1.34. The van der Waals surface area contributed by atoms with E-state index < -0.39 is 0 Å². The number of hydrogen-bond donors (Lipinski definition) is 1. The summed E-state index contributed by atoms with van der Waals surface area (Å²) in [5.41, 5.74) is 1.27. The molecule has 1 nitrogen and oxygen atoms in total. The van der Waals surface area contributed by atoms with Gasteiger partial charge in [0.15, 0.2) is 0 Å². The topological polar surface area (TPSA) is 12.0 Å². The minimum Gasteiger partial charge on any atom is -0.382 e. The summed E-state index contributed by atoms with van der Waals surface area (Å²) in [5.74, 6) is 0. The first-order chi connectivity index (χ1) is 6.38. The van der Waals surface area contributed by atoms with Gasteiger partial charge in [-0.25, -0.2) is 0 Å². The molecule has 13 heavy (non-hydrogen) atoms. The number of rotatable bonds is 3. The molecule has 0 aliphatic heterocycles. The van der Waals surface area contributed by atoms with E-state index >= 15 is 0 Å². The number of benzene rings is 1. The second-order valence-corrected chi connectivity index (χ2v) is 4.38. The quantitative estimate of drug-likeness (QED) is 0.739. The lowest BCUT2D eigenvalue weighted by Crippen LogP contribution is -2.26. The maximum atomic E-state index is 3.54. The summed E-state index contributed by atoms with van der Waals surface area (Å²) in [5, 5.41) is 3.54. The van der Waals surface area contributed by atoms with Crippen LogP contribution in [0.5, 0.6) is 0 Å². The molecule has 1 aliphatic rings. The van der Waals surface area contributed by atoms with Crippen LogP contribution in [0.4, 0.5) is 5.69 Å². The number of thioether (sulfide) groups is 1. The Morgan fingerprint density at radius 2 is 2.23 bits per heavy atom. The van der Waals surface area contributed by atoms with Crippen molar-refractivity contribution in [1.29, 1.82) is 0 Å². The molecule has 2 heteroatoms. The summed E-state index contributed by atoms with van der Waals surface area (Å²) >= 11 is 1.80. The van der Waals surface area contributed by atoms with Crippen LogP contribution >= 0.6 is 11.8 Å². The van der Waals surface area contributed by atoms with Crippen LogP contribution in [0.15, 0.2) is 29.2 Å². The Morgan fingerprint density at radius 1 is 1.38 bits per heavy atom. The molecule has 0 amide bonds. The molecular formula is C11H15NS. The molecular weight excluding hydrogens is 178 g/mol. The predicted molar refractivity (Wildman–Crippen MR) is 59.5 cm³/mol. The number of hydrogen-bond acceptors (Lipinski definition) is 2. The van der Waals surface area contributed by atoms with Gasteiger partial charge in [-0.1, -0.05) is 6.07 Å². The molecule has 70 valence electrons. The average molecular weight is 193 g/mol. The Kier molecular flexibility index (Phi) is 2.79. The van der Waals surface area contributed by atoms with Gasteiger partial charge in [0, 0.05) is 16.6 Å². The first-order valence-electron chi connectivity index (χ1n) is 4.79. The maximum absolute atomic E-state index is 3.54. The fourth-order valence-corrected chi connectivity index (χ4v) is 1.96. The summed E-state index contributed by atoms with van der Waals surface area (Å²) in [7, 11) is 0. The highest BCUT2D eigenvalue weighted by Gasteiger charge is 2.16. The normalized spacial score (nSPS) is 16.7. The molecule has 1 aromatic rings. The SMILES string of the molecule is CSc1cccc(NC2CCC2)c1. The van der Waals surface area contributed by atoms with E-state index in [1.54, 1.807) is 11.8 Å². The van der Waals surface area contributed by atoms with Gasteiger partial charge in [-0.15, -0.1) is 11.8 Å². The molecule has 0 unspecified atom stereocenters. The minimum absolute atomic E-state index is 0.733. The van der Waals surface area contributed by atoms with Gasteiger partial charge in [0.25, 0.3) is 0 Å². The molecule has 0 saturated heterocycles. The van der Waals surface area contributed by atoms with Crippen molar-refractivity contribution in [2.24, 2.45) is 0 Å². The summed E-state index contributed by atoms with van der Waals surface area (Å²) in [6.45, 7) is 0. The number of nitrogens with one attached hydrogen (secondary N) is 1. The van der Waals surface area contributed by atoms with Crippen molar-refractivity contribution in [1.82, 2.24) is 0 Å². The van der Waals surface area contributed by atoms with Gasteiger partial charge in [-0.2, -0.15) is 0 Å². The largest absolute Gasteiger partial charge is 0.382 e. The van der Waals surface area contributed by atoms with Gasteiger partial charge < -0.3 is 5.32 Å². The van der Waals surface area contributed by atoms with Crippen molar-refractivity contribution in [3.05, 3.63) is 24.3 Å². The van der Waals surface area contributed by atoms with Crippen LogP contribution in [0.1, 0.15) is 19.3 Å². The van der Waals surface area contributed by atoms with E-state index in [0.29, 0.717) is 0 Å². The lowest BCUT2D eigenvalue weighted by molar-refractivity contribution is 0.445. The van der Waals surface area contributed by atoms with Crippen LogP contribution in [0.2, 0.25) is 0 Å². The zero-order valence-electron chi connectivity index (χ0n) is 7.92. The molecule has 1 fully saturated rings. The fourth-order valence-electron chi connectivity index (χ4n) is 1.50. The Labute approximate surface area is 83.9 Å². The van der Waals surface area contributed by atoms with Crippen molar-refractivity contribution in [3.63, 3.8) is 0 Å². The van der Waals surface area contributed by atoms with Crippen LogP contribution in [0.3, 0.4) is 0 Å². The molecule has 0 spiro atoms. The van der Waals surface area contributed by atoms with Crippen LogP contribution in [0, 0.1) is 0 Å². The molecule has 1 saturated carbocycles. The van der Waals surface area contributed by atoms with Gasteiger partial charge in [0.2, 0.25) is 0 Å². The van der Waals surface area contributed by atoms with E-state index in [-0.39, 0.29) is 0 Å². The highest BCUT2D eigenvalue weighted by molar-refractivity contribution is 7.98. The van der Waals surface area contributed by atoms with E-state index in [2.05, 4.69) is 35.8 Å². The maximum Gasteiger partial charge on any atom is 0.0353 e. The Balaban J connectivity index is 2.01. The second-order valence-electron chi connectivity index (χ2n) is 3.50. The average Bonchev–Trinajstić information content (AvgIpc) is 2.12. The monoisotopic (exact) mass is 193 g/mol. The van der Waals surface area contributed by atoms with Gasteiger partial charge in [0.05, 0.1) is 0 Å². The highest BCUT2D eigenvalue weighted by Crippen LogP contribution is 2.25. The molecule has 1 N–H and O–H groups in total. The van der Waals surface area contributed by atoms with Gasteiger partial charge >= 0.3 is 0 Å². The van der Waals surface area contributed by atoms with E-state index in [1.807, 2.05) is 0 Å². The minimum atomic E-state index is 0.733. The first kappa shape index (κ1) is 8.95. The molecule has 0 aromatic heterocycles. The third kappa shape index (κ3) is 2.19. The molecule has 2 rings (SSSR count). The standard InChI is InChI=1S/C11H15NS/c1-13-11-7-3-6-10(8-11)12-9-4-2-5-9/h3,6-9,12H,2,4-5H2,1H3. The van der Waals surface area contributed by atoms with Crippen molar-refractivity contribution >= 4 is 17.4 Å². The molecule has 0 bridgehead atoms. The summed E-state index contributed by atoms with van der Waals surface area (Å²) in [6, 6.07) is 9.38. The highest BCUT2D eigenvalue weighted by atomic mass is 32.2. The third-order valence-electron chi connectivity index (χ3n) is 2.55. The Morgan fingerprint density at radius 3 is 2.85 bits per heavy atom. The predicted octanol–water partition coefficient (Wildman–Crippen LogP) is 3.37. The van der Waals surface area contributed by atoms with E-state index in [4.69, 9.17) is 0 Å². The van der Waals surface area contributed by atoms with Crippen LogP contribution in [-0.4, -0.2) is 12.3 Å². The lowest BCUT2D eigenvalue weighted by Gasteiger charge is -2.27. The van der Waals surface area contributed by atoms with Crippen LogP contribution < -0.4 is 5.32 Å². The Hall–Kier alpha value is -0.630. The number of anilines is 1. The van der Waals surface area contributed by atoms with E-state index in [0.717, 1.165) is 6.04 Å². The smallest absolute Gasteiger partial charge is 0.0353 e. The van der Waals surface area contributed by atoms with Crippen LogP contribution in [0.25, 0.3) is 0 Å². The van der Waals surface area contributed by atoms with Crippen molar-refractivity contribution in [2.75, 3.05) is 11.6 Å². The van der Waals surface area contributed by atoms with Gasteiger partial charge in [-0.3, -0.25) is 0 Å². The van der Waals surface area contributed by atoms with Crippen molar-refractivity contribution in [3.8, 4) is 0 Å². The van der Waals surface area contributed by atoms with Crippen LogP contribution in [-0.2, 0) is 0 Å². The molecule has 0 radical (unpaired) electrons. The van der Waals surface area contributed by atoms with Crippen molar-refractivity contribution < 1.29 is 0 Å². The Bertz CT molecular complexity index is 281. The lowest BCUT2D eigenvalue weighted by atomic mass is 9.93. The van der Waals surface area contributed by atoms with Gasteiger partial charge in [-0.05, 0) is 43.7 Å².